The zero-order valence-corrected chi connectivity index (χ0v) is 21.9. The van der Waals surface area contributed by atoms with Crippen LogP contribution in [0.1, 0.15) is 18.4 Å². The van der Waals surface area contributed by atoms with E-state index < -0.39 is 15.8 Å². The summed E-state index contributed by atoms with van der Waals surface area (Å²) in [6.07, 6.45) is 1.27. The third-order valence-electron chi connectivity index (χ3n) is 6.96. The molecule has 1 aromatic heterocycles. The Morgan fingerprint density at radius 1 is 1.08 bits per heavy atom. The first-order chi connectivity index (χ1) is 17.3. The van der Waals surface area contributed by atoms with Gasteiger partial charge in [-0.25, -0.2) is 17.8 Å². The molecule has 0 bridgehead atoms. The number of amides is 1. The number of sulfonamides is 1. The number of piperazine rings is 1. The Kier molecular flexibility index (Phi) is 6.88. The molecule has 0 N–H and O–H groups in total. The highest BCUT2D eigenvalue weighted by Gasteiger charge is 2.36. The fourth-order valence-corrected chi connectivity index (χ4v) is 7.52. The molecular formula is C25H29FN4O4S2. The maximum Gasteiger partial charge on any atom is 0.243 e. The number of benzene rings is 2. The van der Waals surface area contributed by atoms with Crippen molar-refractivity contribution in [3.8, 4) is 5.75 Å². The first-order valence-corrected chi connectivity index (χ1v) is 14.3. The average Bonchev–Trinajstić information content (AvgIpc) is 3.36. The van der Waals surface area contributed by atoms with Crippen LogP contribution in [0.25, 0.3) is 10.2 Å². The van der Waals surface area contributed by atoms with Crippen LogP contribution in [0.5, 0.6) is 5.75 Å². The van der Waals surface area contributed by atoms with E-state index >= 15 is 0 Å². The lowest BCUT2D eigenvalue weighted by Gasteiger charge is -2.38. The summed E-state index contributed by atoms with van der Waals surface area (Å²) in [6, 6.07) is 8.79. The first kappa shape index (κ1) is 24.9. The number of hydrogen-bond donors (Lipinski definition) is 0. The second-order valence-electron chi connectivity index (χ2n) is 9.23. The molecule has 2 aromatic carbocycles. The van der Waals surface area contributed by atoms with Crippen LogP contribution in [0.3, 0.4) is 0 Å². The summed E-state index contributed by atoms with van der Waals surface area (Å²) in [5.41, 5.74) is 2.02. The highest BCUT2D eigenvalue weighted by molar-refractivity contribution is 7.89. The molecule has 1 amide bonds. The van der Waals surface area contributed by atoms with Crippen molar-refractivity contribution in [2.24, 2.45) is 5.92 Å². The third kappa shape index (κ3) is 4.67. The number of ether oxygens (including phenoxy) is 1. The molecular weight excluding hydrogens is 503 g/mol. The lowest BCUT2D eigenvalue weighted by molar-refractivity contribution is -0.137. The molecule has 3 heterocycles. The number of aryl methyl sites for hydroxylation is 1. The molecule has 0 aliphatic carbocycles. The van der Waals surface area contributed by atoms with E-state index in [9.17, 15) is 17.6 Å². The standard InChI is InChI=1S/C25H29FN4O4S2/c1-17-5-10-21(34-2)22-23(17)35-25(27-22)29-14-12-28(13-15-29)24(31)18-4-3-11-30(16-18)36(32,33)20-8-6-19(26)7-9-20/h5-10,18H,3-4,11-16H2,1-2H3. The van der Waals surface area contributed by atoms with Gasteiger partial charge in [-0.2, -0.15) is 4.31 Å². The normalized spacial score (nSPS) is 19.6. The summed E-state index contributed by atoms with van der Waals surface area (Å²) in [6.45, 7) is 5.02. The van der Waals surface area contributed by atoms with Crippen LogP contribution in [-0.4, -0.2) is 74.9 Å². The van der Waals surface area contributed by atoms with E-state index in [-0.39, 0.29) is 23.3 Å². The average molecular weight is 533 g/mol. The number of hydrogen-bond acceptors (Lipinski definition) is 7. The van der Waals surface area contributed by atoms with E-state index in [1.807, 2.05) is 17.0 Å². The molecule has 1 atom stereocenters. The van der Waals surface area contributed by atoms with Gasteiger partial charge in [-0.05, 0) is 55.7 Å². The minimum absolute atomic E-state index is 0.00419. The zero-order chi connectivity index (χ0) is 25.4. The third-order valence-corrected chi connectivity index (χ3v) is 10.1. The molecule has 0 saturated carbocycles. The number of rotatable bonds is 5. The summed E-state index contributed by atoms with van der Waals surface area (Å²) < 4.78 is 47.3. The van der Waals surface area contributed by atoms with E-state index in [4.69, 9.17) is 9.72 Å². The summed E-state index contributed by atoms with van der Waals surface area (Å²) in [5, 5.41) is 0.916. The number of carbonyl (C=O) groups is 1. The fourth-order valence-electron chi connectivity index (χ4n) is 4.89. The fraction of sp³-hybridized carbons (Fsp3) is 0.440. The van der Waals surface area contributed by atoms with Gasteiger partial charge in [0.2, 0.25) is 15.9 Å². The number of methoxy groups -OCH3 is 1. The predicted octanol–water partition coefficient (Wildman–Crippen LogP) is 3.50. The highest BCUT2D eigenvalue weighted by Crippen LogP contribution is 2.36. The SMILES string of the molecule is COc1ccc(C)c2sc(N3CCN(C(=O)C4CCCN(S(=O)(=O)c5ccc(F)cc5)C4)CC3)nc12. The van der Waals surface area contributed by atoms with Gasteiger partial charge in [0.15, 0.2) is 5.13 Å². The second-order valence-corrected chi connectivity index (χ2v) is 12.1. The van der Waals surface area contributed by atoms with Crippen molar-refractivity contribution in [2.45, 2.75) is 24.7 Å². The Hall–Kier alpha value is -2.76. The Bertz CT molecular complexity index is 1370. The Morgan fingerprint density at radius 3 is 2.50 bits per heavy atom. The van der Waals surface area contributed by atoms with Crippen LogP contribution < -0.4 is 9.64 Å². The summed E-state index contributed by atoms with van der Waals surface area (Å²) in [4.78, 5) is 22.2. The van der Waals surface area contributed by atoms with Gasteiger partial charge in [0, 0.05) is 39.3 Å². The lowest BCUT2D eigenvalue weighted by atomic mass is 9.98. The molecule has 1 unspecified atom stereocenters. The van der Waals surface area contributed by atoms with Crippen LogP contribution in [-0.2, 0) is 14.8 Å². The predicted molar refractivity (Wildman–Crippen MR) is 138 cm³/mol. The molecule has 2 saturated heterocycles. The minimum atomic E-state index is -3.77. The number of fused-ring (bicyclic) bond motifs is 1. The molecule has 11 heteroatoms. The number of thiazole rings is 1. The Morgan fingerprint density at radius 2 is 1.81 bits per heavy atom. The van der Waals surface area contributed by atoms with E-state index in [0.29, 0.717) is 45.6 Å². The quantitative estimate of drug-likeness (QED) is 0.500. The summed E-state index contributed by atoms with van der Waals surface area (Å²) in [5.74, 6) is -0.116. The van der Waals surface area contributed by atoms with Gasteiger partial charge < -0.3 is 14.5 Å². The van der Waals surface area contributed by atoms with Gasteiger partial charge in [-0.15, -0.1) is 0 Å². The Balaban J connectivity index is 1.24. The Labute approximate surface area is 214 Å². The van der Waals surface area contributed by atoms with Crippen LogP contribution in [0.15, 0.2) is 41.3 Å². The molecule has 2 aliphatic heterocycles. The van der Waals surface area contributed by atoms with Gasteiger partial charge in [0.05, 0.1) is 22.6 Å². The van der Waals surface area contributed by atoms with Gasteiger partial charge >= 0.3 is 0 Å². The van der Waals surface area contributed by atoms with Gasteiger partial charge in [-0.3, -0.25) is 4.79 Å². The van der Waals surface area contributed by atoms with E-state index in [0.717, 1.165) is 38.8 Å². The first-order valence-electron chi connectivity index (χ1n) is 12.0. The van der Waals surface area contributed by atoms with Crippen molar-refractivity contribution < 1.29 is 22.3 Å². The second kappa shape index (κ2) is 9.95. The van der Waals surface area contributed by atoms with Crippen molar-refractivity contribution in [3.63, 3.8) is 0 Å². The van der Waals surface area contributed by atoms with Crippen LogP contribution in [0.2, 0.25) is 0 Å². The maximum atomic E-state index is 13.3. The van der Waals surface area contributed by atoms with E-state index in [1.54, 1.807) is 18.4 Å². The number of piperidine rings is 1. The molecule has 2 fully saturated rings. The summed E-state index contributed by atoms with van der Waals surface area (Å²) in [7, 11) is -2.13. The highest BCUT2D eigenvalue weighted by atomic mass is 32.2. The van der Waals surface area contributed by atoms with Crippen LogP contribution in [0, 0.1) is 18.7 Å². The van der Waals surface area contributed by atoms with Crippen molar-refractivity contribution in [3.05, 3.63) is 47.8 Å². The van der Waals surface area contributed by atoms with E-state index in [2.05, 4.69) is 11.8 Å². The molecule has 3 aromatic rings. The smallest absolute Gasteiger partial charge is 0.243 e. The van der Waals surface area contributed by atoms with E-state index in [1.165, 1.54) is 16.4 Å². The summed E-state index contributed by atoms with van der Waals surface area (Å²) >= 11 is 1.63. The maximum absolute atomic E-state index is 13.3. The van der Waals surface area contributed by atoms with Crippen molar-refractivity contribution in [2.75, 3.05) is 51.3 Å². The zero-order valence-electron chi connectivity index (χ0n) is 20.3. The van der Waals surface area contributed by atoms with Crippen molar-refractivity contribution in [1.82, 2.24) is 14.2 Å². The van der Waals surface area contributed by atoms with Gasteiger partial charge in [0.25, 0.3) is 0 Å². The van der Waals surface area contributed by atoms with Crippen molar-refractivity contribution in [1.29, 1.82) is 0 Å². The molecule has 5 rings (SSSR count). The number of nitrogens with zero attached hydrogens (tertiary/aromatic N) is 4. The largest absolute Gasteiger partial charge is 0.494 e. The number of anilines is 1. The number of halogens is 1. The molecule has 0 spiro atoms. The topological polar surface area (TPSA) is 83.0 Å². The van der Waals surface area contributed by atoms with Gasteiger partial charge in [-0.1, -0.05) is 17.4 Å². The van der Waals surface area contributed by atoms with Gasteiger partial charge in [0.1, 0.15) is 17.1 Å². The molecule has 0 radical (unpaired) electrons. The molecule has 2 aliphatic rings. The molecule has 192 valence electrons. The monoisotopic (exact) mass is 532 g/mol. The molecule has 36 heavy (non-hydrogen) atoms. The number of carbonyl (C=O) groups excluding carboxylic acids is 1. The minimum Gasteiger partial charge on any atom is -0.494 e. The van der Waals surface area contributed by atoms with Crippen LogP contribution in [0.4, 0.5) is 9.52 Å². The van der Waals surface area contributed by atoms with Crippen LogP contribution >= 0.6 is 11.3 Å². The molecule has 8 nitrogen and oxygen atoms in total. The van der Waals surface area contributed by atoms with Crippen molar-refractivity contribution >= 4 is 42.6 Å². The lowest BCUT2D eigenvalue weighted by Crippen LogP contribution is -2.53. The number of aromatic nitrogens is 1.